The monoisotopic (exact) mass is 323 g/mol. The highest BCUT2D eigenvalue weighted by Gasteiger charge is 2.14. The van der Waals surface area contributed by atoms with Gasteiger partial charge in [-0.2, -0.15) is 4.98 Å². The van der Waals surface area contributed by atoms with E-state index in [9.17, 15) is 9.59 Å². The van der Waals surface area contributed by atoms with Gasteiger partial charge in [0.05, 0.1) is 12.0 Å². The number of para-hydroxylation sites is 1. The molecule has 0 aliphatic heterocycles. The number of carbonyl (C=O) groups is 2. The highest BCUT2D eigenvalue weighted by Crippen LogP contribution is 2.15. The van der Waals surface area contributed by atoms with Gasteiger partial charge < -0.3 is 15.6 Å². The van der Waals surface area contributed by atoms with Crippen LogP contribution in [0.15, 0.2) is 53.2 Å². The molecule has 0 atom stereocenters. The molecule has 1 aromatic carbocycles. The molecule has 0 bridgehead atoms. The van der Waals surface area contributed by atoms with E-state index in [0.717, 1.165) is 0 Å². The highest BCUT2D eigenvalue weighted by atomic mass is 16.5. The summed E-state index contributed by atoms with van der Waals surface area (Å²) in [6.07, 6.45) is 1.29. The van der Waals surface area contributed by atoms with Gasteiger partial charge in [0.25, 0.3) is 5.89 Å². The molecule has 2 aromatic heterocycles. The Morgan fingerprint density at radius 3 is 2.58 bits per heavy atom. The molecule has 0 aliphatic carbocycles. The number of nitrogens with two attached hydrogens (primary N) is 1. The predicted octanol–water partition coefficient (Wildman–Crippen LogP) is 1.41. The van der Waals surface area contributed by atoms with Crippen LogP contribution in [0.5, 0.6) is 0 Å². The first-order chi connectivity index (χ1) is 11.6. The summed E-state index contributed by atoms with van der Waals surface area (Å²) in [6.45, 7) is 0. The number of amides is 2. The minimum Gasteiger partial charge on any atom is -0.366 e. The minimum absolute atomic E-state index is 0.0300. The van der Waals surface area contributed by atoms with E-state index in [0.29, 0.717) is 11.4 Å². The number of aromatic nitrogens is 3. The molecule has 0 saturated carbocycles. The Hall–Kier alpha value is -3.55. The van der Waals surface area contributed by atoms with Crippen molar-refractivity contribution in [1.29, 1.82) is 0 Å². The highest BCUT2D eigenvalue weighted by molar-refractivity contribution is 5.92. The van der Waals surface area contributed by atoms with Gasteiger partial charge in [-0.1, -0.05) is 23.4 Å². The number of carbonyl (C=O) groups excluding carboxylic acids is 2. The summed E-state index contributed by atoms with van der Waals surface area (Å²) in [4.78, 5) is 31.1. The largest absolute Gasteiger partial charge is 0.366 e. The van der Waals surface area contributed by atoms with Gasteiger partial charge in [-0.15, -0.1) is 0 Å². The second-order valence-corrected chi connectivity index (χ2v) is 4.90. The lowest BCUT2D eigenvalue weighted by molar-refractivity contribution is -0.115. The lowest BCUT2D eigenvalue weighted by Gasteiger charge is -2.01. The lowest BCUT2D eigenvalue weighted by atomic mass is 10.2. The quantitative estimate of drug-likeness (QED) is 0.731. The maximum atomic E-state index is 11.9. The van der Waals surface area contributed by atoms with E-state index in [1.165, 1.54) is 12.3 Å². The number of hydrogen-bond acceptors (Lipinski definition) is 6. The molecular weight excluding hydrogens is 310 g/mol. The zero-order valence-corrected chi connectivity index (χ0v) is 12.5. The Morgan fingerprint density at radius 1 is 1.12 bits per heavy atom. The average molecular weight is 323 g/mol. The van der Waals surface area contributed by atoms with Crippen molar-refractivity contribution in [2.45, 2.75) is 6.42 Å². The number of nitrogens with one attached hydrogen (secondary N) is 1. The first-order valence-electron chi connectivity index (χ1n) is 7.05. The van der Waals surface area contributed by atoms with Crippen LogP contribution in [-0.2, 0) is 11.2 Å². The summed E-state index contributed by atoms with van der Waals surface area (Å²) in [6, 6.07) is 12.1. The Morgan fingerprint density at radius 2 is 1.92 bits per heavy atom. The van der Waals surface area contributed by atoms with Crippen LogP contribution < -0.4 is 11.1 Å². The molecule has 0 aliphatic rings. The molecule has 120 valence electrons. The van der Waals surface area contributed by atoms with Gasteiger partial charge in [0.2, 0.25) is 11.8 Å². The SMILES string of the molecule is NC(=O)c1ccc(-c2nc(CC(=O)Nc3ccccc3)no2)nc1. The standard InChI is InChI=1S/C16H13N5O3/c17-15(23)10-6-7-12(18-9-10)16-20-13(21-24-16)8-14(22)19-11-4-2-1-3-5-11/h1-7,9H,8H2,(H2,17,23)(H,19,22). The summed E-state index contributed by atoms with van der Waals surface area (Å²) in [5.41, 5.74) is 6.51. The molecule has 3 N–H and O–H groups in total. The topological polar surface area (TPSA) is 124 Å². The van der Waals surface area contributed by atoms with Crippen LogP contribution in [0.1, 0.15) is 16.2 Å². The number of rotatable bonds is 5. The molecule has 0 unspecified atom stereocenters. The Kier molecular flexibility index (Phi) is 4.28. The number of benzene rings is 1. The summed E-state index contributed by atoms with van der Waals surface area (Å²) in [7, 11) is 0. The zero-order chi connectivity index (χ0) is 16.9. The third-order valence-electron chi connectivity index (χ3n) is 3.11. The molecule has 0 spiro atoms. The van der Waals surface area contributed by atoms with E-state index in [4.69, 9.17) is 10.3 Å². The molecule has 3 rings (SSSR count). The third-order valence-corrected chi connectivity index (χ3v) is 3.11. The van der Waals surface area contributed by atoms with Gasteiger partial charge in [0.15, 0.2) is 5.82 Å². The van der Waals surface area contributed by atoms with E-state index >= 15 is 0 Å². The predicted molar refractivity (Wildman–Crippen MR) is 84.8 cm³/mol. The van der Waals surface area contributed by atoms with Gasteiger partial charge in [-0.25, -0.2) is 0 Å². The fourth-order valence-corrected chi connectivity index (χ4v) is 1.97. The summed E-state index contributed by atoms with van der Waals surface area (Å²) in [5, 5.41) is 6.48. The van der Waals surface area contributed by atoms with Crippen LogP contribution in [-0.4, -0.2) is 26.9 Å². The molecule has 0 fully saturated rings. The van der Waals surface area contributed by atoms with Crippen LogP contribution in [0.3, 0.4) is 0 Å². The minimum atomic E-state index is -0.571. The van der Waals surface area contributed by atoms with Crippen molar-refractivity contribution in [3.63, 3.8) is 0 Å². The molecule has 8 heteroatoms. The van der Waals surface area contributed by atoms with Gasteiger partial charge in [0.1, 0.15) is 5.69 Å². The Balaban J connectivity index is 1.67. The van der Waals surface area contributed by atoms with E-state index in [-0.39, 0.29) is 29.6 Å². The van der Waals surface area contributed by atoms with Crippen LogP contribution in [0.4, 0.5) is 5.69 Å². The van der Waals surface area contributed by atoms with Crippen molar-refractivity contribution >= 4 is 17.5 Å². The molecule has 2 amide bonds. The fourth-order valence-electron chi connectivity index (χ4n) is 1.97. The maximum absolute atomic E-state index is 11.9. The van der Waals surface area contributed by atoms with Gasteiger partial charge >= 0.3 is 0 Å². The fraction of sp³-hybridized carbons (Fsp3) is 0.0625. The summed E-state index contributed by atoms with van der Waals surface area (Å²) in [5.74, 6) is -0.434. The normalized spacial score (nSPS) is 10.3. The summed E-state index contributed by atoms with van der Waals surface area (Å²) < 4.78 is 5.08. The third kappa shape index (κ3) is 3.61. The van der Waals surface area contributed by atoms with Crippen molar-refractivity contribution in [2.75, 3.05) is 5.32 Å². The number of primary amides is 1. The van der Waals surface area contributed by atoms with Crippen molar-refractivity contribution in [2.24, 2.45) is 5.73 Å². The van der Waals surface area contributed by atoms with Crippen molar-refractivity contribution in [3.8, 4) is 11.6 Å². The number of hydrogen-bond donors (Lipinski definition) is 2. The van der Waals surface area contributed by atoms with Gasteiger partial charge in [-0.05, 0) is 24.3 Å². The summed E-state index contributed by atoms with van der Waals surface area (Å²) >= 11 is 0. The van der Waals surface area contributed by atoms with Crippen molar-refractivity contribution in [3.05, 3.63) is 60.0 Å². The molecule has 3 aromatic rings. The van der Waals surface area contributed by atoms with E-state index in [2.05, 4.69) is 20.4 Å². The Labute approximate surface area is 136 Å². The molecule has 0 saturated heterocycles. The van der Waals surface area contributed by atoms with Crippen LogP contribution in [0, 0.1) is 0 Å². The molecule has 24 heavy (non-hydrogen) atoms. The first-order valence-corrected chi connectivity index (χ1v) is 7.05. The van der Waals surface area contributed by atoms with E-state index in [1.54, 1.807) is 18.2 Å². The second-order valence-electron chi connectivity index (χ2n) is 4.90. The molecule has 8 nitrogen and oxygen atoms in total. The first kappa shape index (κ1) is 15.3. The zero-order valence-electron chi connectivity index (χ0n) is 12.5. The van der Waals surface area contributed by atoms with E-state index < -0.39 is 5.91 Å². The molecular formula is C16H13N5O3. The number of nitrogens with zero attached hydrogens (tertiary/aromatic N) is 3. The molecule has 0 radical (unpaired) electrons. The maximum Gasteiger partial charge on any atom is 0.276 e. The Bertz CT molecular complexity index is 859. The number of pyridine rings is 1. The van der Waals surface area contributed by atoms with Crippen molar-refractivity contribution < 1.29 is 14.1 Å². The average Bonchev–Trinajstić information content (AvgIpc) is 3.04. The smallest absolute Gasteiger partial charge is 0.276 e. The van der Waals surface area contributed by atoms with Gasteiger partial charge in [0, 0.05) is 11.9 Å². The second kappa shape index (κ2) is 6.69. The van der Waals surface area contributed by atoms with E-state index in [1.807, 2.05) is 18.2 Å². The van der Waals surface area contributed by atoms with Crippen LogP contribution in [0.25, 0.3) is 11.6 Å². The number of anilines is 1. The van der Waals surface area contributed by atoms with Gasteiger partial charge in [-0.3, -0.25) is 14.6 Å². The van der Waals surface area contributed by atoms with Crippen LogP contribution >= 0.6 is 0 Å². The van der Waals surface area contributed by atoms with Crippen molar-refractivity contribution in [1.82, 2.24) is 15.1 Å². The molecule has 2 heterocycles. The van der Waals surface area contributed by atoms with Crippen LogP contribution in [0.2, 0.25) is 0 Å². The lowest BCUT2D eigenvalue weighted by Crippen LogP contribution is -2.15.